The molecule has 8 nitrogen and oxygen atoms in total. The fourth-order valence-electron chi connectivity index (χ4n) is 2.49. The second-order valence-corrected chi connectivity index (χ2v) is 7.66. The third kappa shape index (κ3) is 4.20. The summed E-state index contributed by atoms with van der Waals surface area (Å²) in [6.45, 7) is 0. The Labute approximate surface area is 192 Å². The molecule has 2 aliphatic rings. The first-order valence-electron chi connectivity index (χ1n) is 6.29. The van der Waals surface area contributed by atoms with Crippen LogP contribution in [0, 0.1) is 0 Å². The summed E-state index contributed by atoms with van der Waals surface area (Å²) in [6, 6.07) is 2.34. The van der Waals surface area contributed by atoms with E-state index in [0.29, 0.717) is 11.3 Å². The fourth-order valence-corrected chi connectivity index (χ4v) is 4.34. The van der Waals surface area contributed by atoms with Crippen molar-refractivity contribution >= 4 is 44.0 Å². The first-order chi connectivity index (χ1) is 11.0. The number of hydrogen-bond acceptors (Lipinski definition) is 8. The van der Waals surface area contributed by atoms with Crippen molar-refractivity contribution in [1.29, 1.82) is 0 Å². The summed E-state index contributed by atoms with van der Waals surface area (Å²) in [5, 5.41) is 0.178. The Morgan fingerprint density at radius 1 is 0.808 bits per heavy atom. The molecule has 0 radical (unpaired) electrons. The largest absolute Gasteiger partial charge is 1.00 e. The van der Waals surface area contributed by atoms with E-state index in [1.165, 1.54) is 30.4 Å². The van der Waals surface area contributed by atoms with Crippen LogP contribution < -0.4 is 69.6 Å². The summed E-state index contributed by atoms with van der Waals surface area (Å²) in [4.78, 5) is 21.1. The maximum absolute atomic E-state index is 12.3. The average Bonchev–Trinajstić information content (AvgIpc) is 2.44. The van der Waals surface area contributed by atoms with Gasteiger partial charge in [-0.2, -0.15) is 0 Å². The van der Waals surface area contributed by atoms with Crippen molar-refractivity contribution in [3.8, 4) is 0 Å². The van der Waals surface area contributed by atoms with Crippen molar-refractivity contribution in [3.05, 3.63) is 55.7 Å². The SMILES string of the molecule is O=C1C=CC=c2cc3c(cc21)=CC(S(=O)(=O)[O-])=C(S(=O)(=O)[O-])C3=O.[Na+].[Na+]. The fraction of sp³-hybridized carbons (Fsp3) is 0. The van der Waals surface area contributed by atoms with Gasteiger partial charge in [0.2, 0.25) is 5.78 Å². The van der Waals surface area contributed by atoms with Crippen LogP contribution in [0.3, 0.4) is 0 Å². The summed E-state index contributed by atoms with van der Waals surface area (Å²) in [6.07, 6.45) is 4.77. The third-order valence-electron chi connectivity index (χ3n) is 3.49. The quantitative estimate of drug-likeness (QED) is 0.344. The zero-order valence-electron chi connectivity index (χ0n) is 13.5. The van der Waals surface area contributed by atoms with Crippen LogP contribution in [0.2, 0.25) is 0 Å². The molecule has 0 aromatic heterocycles. The van der Waals surface area contributed by atoms with Crippen molar-refractivity contribution < 1.29 is 94.6 Å². The van der Waals surface area contributed by atoms with E-state index in [-0.39, 0.29) is 75.5 Å². The van der Waals surface area contributed by atoms with Crippen LogP contribution in [-0.2, 0) is 20.2 Å². The molecule has 0 unspecified atom stereocenters. The molecule has 124 valence electrons. The molecule has 0 saturated heterocycles. The summed E-state index contributed by atoms with van der Waals surface area (Å²) in [5.41, 5.74) is -0.133. The number of ketones is 2. The van der Waals surface area contributed by atoms with Crippen molar-refractivity contribution in [1.82, 2.24) is 0 Å². The van der Waals surface area contributed by atoms with Gasteiger partial charge in [-0.1, -0.05) is 12.2 Å². The van der Waals surface area contributed by atoms with Gasteiger partial charge in [0.15, 0.2) is 5.78 Å². The molecule has 2 aliphatic carbocycles. The monoisotopic (exact) mass is 412 g/mol. The molecular weight excluding hydrogens is 406 g/mol. The van der Waals surface area contributed by atoms with Crippen molar-refractivity contribution in [2.75, 3.05) is 0 Å². The zero-order chi connectivity index (χ0) is 17.9. The minimum atomic E-state index is -5.50. The molecule has 0 amide bonds. The van der Waals surface area contributed by atoms with Gasteiger partial charge in [-0.15, -0.1) is 0 Å². The molecule has 0 atom stereocenters. The molecule has 3 rings (SSSR count). The van der Waals surface area contributed by atoms with Gasteiger partial charge in [0, 0.05) is 11.1 Å². The van der Waals surface area contributed by atoms with Gasteiger partial charge < -0.3 is 9.11 Å². The molecule has 1 aromatic rings. The first kappa shape index (κ1) is 23.6. The minimum absolute atomic E-state index is 0. The summed E-state index contributed by atoms with van der Waals surface area (Å²) >= 11 is 0. The Morgan fingerprint density at radius 3 is 1.92 bits per heavy atom. The number of rotatable bonds is 2. The molecular formula is C14H6Na2O8S2. The van der Waals surface area contributed by atoms with E-state index in [1.54, 1.807) is 0 Å². The van der Waals surface area contributed by atoms with Gasteiger partial charge in [0.1, 0.15) is 25.1 Å². The van der Waals surface area contributed by atoms with Crippen molar-refractivity contribution in [3.63, 3.8) is 0 Å². The van der Waals surface area contributed by atoms with E-state index in [1.807, 2.05) is 0 Å². The van der Waals surface area contributed by atoms with Crippen molar-refractivity contribution in [2.24, 2.45) is 0 Å². The van der Waals surface area contributed by atoms with E-state index >= 15 is 0 Å². The normalized spacial score (nSPS) is 15.8. The summed E-state index contributed by atoms with van der Waals surface area (Å²) in [7, 11) is -10.9. The molecule has 0 saturated carbocycles. The Hall–Kier alpha value is -0.400. The topological polar surface area (TPSA) is 149 Å². The number of fused-ring (bicyclic) bond motifs is 2. The van der Waals surface area contributed by atoms with Gasteiger partial charge in [-0.05, 0) is 34.7 Å². The smallest absolute Gasteiger partial charge is 0.744 e. The second kappa shape index (κ2) is 7.92. The van der Waals surface area contributed by atoms with E-state index in [4.69, 9.17) is 0 Å². The number of carbonyl (C=O) groups excluding carboxylic acids is 2. The number of hydrogen-bond donors (Lipinski definition) is 0. The molecule has 26 heavy (non-hydrogen) atoms. The van der Waals surface area contributed by atoms with Crippen LogP contribution in [0.1, 0.15) is 20.7 Å². The zero-order valence-corrected chi connectivity index (χ0v) is 19.2. The van der Waals surface area contributed by atoms with Gasteiger partial charge in [-0.25, -0.2) is 16.8 Å². The van der Waals surface area contributed by atoms with Crippen molar-refractivity contribution in [2.45, 2.75) is 0 Å². The first-order valence-corrected chi connectivity index (χ1v) is 9.11. The van der Waals surface area contributed by atoms with Crippen LogP contribution in [0.5, 0.6) is 0 Å². The number of carbonyl (C=O) groups is 2. The van der Waals surface area contributed by atoms with Crippen LogP contribution in [0.4, 0.5) is 0 Å². The van der Waals surface area contributed by atoms with Gasteiger partial charge in [-0.3, -0.25) is 9.59 Å². The maximum atomic E-state index is 12.3. The Balaban J connectivity index is 0.00000169. The van der Waals surface area contributed by atoms with Gasteiger partial charge in [0.25, 0.3) is 0 Å². The van der Waals surface area contributed by atoms with Crippen LogP contribution >= 0.6 is 0 Å². The van der Waals surface area contributed by atoms with Gasteiger partial charge >= 0.3 is 59.1 Å². The van der Waals surface area contributed by atoms with Crippen LogP contribution in [0.15, 0.2) is 34.1 Å². The molecule has 12 heteroatoms. The predicted octanol–water partition coefficient (Wildman–Crippen LogP) is -7.49. The number of benzene rings is 1. The van der Waals surface area contributed by atoms with Crippen LogP contribution in [0.25, 0.3) is 12.2 Å². The van der Waals surface area contributed by atoms with E-state index in [9.17, 15) is 35.5 Å². The standard InChI is InChI=1S/C14H8O8S2.2Na/c15-11-3-1-2-7-4-10-8(5-9(7)11)6-12(23(17,18)19)14(13(10)16)24(20,21)22;;/h1-6H,(H,17,18,19)(H,20,21,22);;/q;2*+1/p-2. The molecule has 0 aliphatic heterocycles. The van der Waals surface area contributed by atoms with E-state index in [2.05, 4.69) is 0 Å². The van der Waals surface area contributed by atoms with E-state index < -0.39 is 41.6 Å². The molecule has 0 bridgehead atoms. The minimum Gasteiger partial charge on any atom is -0.744 e. The third-order valence-corrected chi connectivity index (χ3v) is 5.39. The molecule has 0 heterocycles. The molecule has 0 spiro atoms. The maximum Gasteiger partial charge on any atom is 1.00 e. The van der Waals surface area contributed by atoms with Gasteiger partial charge in [0.05, 0.1) is 4.91 Å². The van der Waals surface area contributed by atoms with E-state index in [0.717, 1.165) is 0 Å². The average molecular weight is 412 g/mol. The Morgan fingerprint density at radius 2 is 1.38 bits per heavy atom. The molecule has 0 fully saturated rings. The predicted molar refractivity (Wildman–Crippen MR) is 78.8 cm³/mol. The Bertz CT molecular complexity index is 1220. The van der Waals surface area contributed by atoms with Crippen LogP contribution in [-0.4, -0.2) is 37.5 Å². The number of allylic oxidation sites excluding steroid dienone is 4. The Kier molecular flexibility index (Phi) is 7.20. The summed E-state index contributed by atoms with van der Waals surface area (Å²) in [5.74, 6) is -1.80. The molecule has 1 aromatic carbocycles. The second-order valence-electron chi connectivity index (χ2n) is 4.99. The summed E-state index contributed by atoms with van der Waals surface area (Å²) < 4.78 is 67.6. The number of Topliss-reactive ketones (excluding diaryl/α,β-unsaturated/α-hetero) is 1. The molecule has 0 N–H and O–H groups in total.